The summed E-state index contributed by atoms with van der Waals surface area (Å²) in [6, 6.07) is 9.24. The van der Waals surface area contributed by atoms with E-state index < -0.39 is 0 Å². The molecule has 4 aromatic heterocycles. The number of fused-ring (bicyclic) bond motifs is 1. The highest BCUT2D eigenvalue weighted by atomic mass is 16.5. The molecule has 0 aromatic carbocycles. The summed E-state index contributed by atoms with van der Waals surface area (Å²) in [5, 5.41) is 16.3. The Morgan fingerprint density at radius 2 is 1.94 bits per heavy atom. The second kappa shape index (κ2) is 9.02. The molecule has 1 aliphatic rings. The zero-order valence-electron chi connectivity index (χ0n) is 18.0. The van der Waals surface area contributed by atoms with Crippen molar-refractivity contribution in [3.8, 4) is 23.2 Å². The predicted octanol–water partition coefficient (Wildman–Crippen LogP) is 2.52. The minimum absolute atomic E-state index is 0.497. The fourth-order valence-electron chi connectivity index (χ4n) is 3.73. The SMILES string of the molecule is COc1cncc2nc(-c3ccnc(Nc4ccc(C#N)cn4)c3)nc(N3CCNCC3)c12. The van der Waals surface area contributed by atoms with Crippen LogP contribution in [-0.4, -0.2) is 58.2 Å². The smallest absolute Gasteiger partial charge is 0.162 e. The number of hydrogen-bond acceptors (Lipinski definition) is 10. The lowest BCUT2D eigenvalue weighted by Crippen LogP contribution is -2.44. The summed E-state index contributed by atoms with van der Waals surface area (Å²) in [5.74, 6) is 3.24. The van der Waals surface area contributed by atoms with Gasteiger partial charge in [0.1, 0.15) is 29.3 Å². The number of anilines is 3. The normalized spacial score (nSPS) is 13.5. The van der Waals surface area contributed by atoms with E-state index in [4.69, 9.17) is 20.0 Å². The Kier molecular flexibility index (Phi) is 5.61. The van der Waals surface area contributed by atoms with Gasteiger partial charge in [-0.3, -0.25) is 4.98 Å². The van der Waals surface area contributed by atoms with Crippen molar-refractivity contribution in [3.63, 3.8) is 0 Å². The highest BCUT2D eigenvalue weighted by Gasteiger charge is 2.20. The lowest BCUT2D eigenvalue weighted by Gasteiger charge is -2.29. The Morgan fingerprint density at radius 3 is 2.70 bits per heavy atom. The van der Waals surface area contributed by atoms with E-state index in [1.54, 1.807) is 37.8 Å². The molecule has 5 heterocycles. The highest BCUT2D eigenvalue weighted by Crippen LogP contribution is 2.34. The van der Waals surface area contributed by atoms with Crippen LogP contribution in [-0.2, 0) is 0 Å². The zero-order chi connectivity index (χ0) is 22.6. The quantitative estimate of drug-likeness (QED) is 0.479. The number of aromatic nitrogens is 5. The van der Waals surface area contributed by atoms with Crippen molar-refractivity contribution < 1.29 is 4.74 Å². The van der Waals surface area contributed by atoms with Gasteiger partial charge in [-0.2, -0.15) is 5.26 Å². The maximum atomic E-state index is 8.95. The third kappa shape index (κ3) is 4.22. The molecule has 0 saturated carbocycles. The van der Waals surface area contributed by atoms with Crippen LogP contribution in [0.15, 0.2) is 49.1 Å². The van der Waals surface area contributed by atoms with Crippen molar-refractivity contribution in [2.75, 3.05) is 43.5 Å². The van der Waals surface area contributed by atoms with E-state index in [9.17, 15) is 0 Å². The molecule has 1 aliphatic heterocycles. The van der Waals surface area contributed by atoms with Gasteiger partial charge in [-0.1, -0.05) is 0 Å². The highest BCUT2D eigenvalue weighted by molar-refractivity contribution is 5.95. The summed E-state index contributed by atoms with van der Waals surface area (Å²) in [5.41, 5.74) is 2.02. The van der Waals surface area contributed by atoms with Crippen molar-refractivity contribution in [2.24, 2.45) is 0 Å². The number of pyridine rings is 3. The molecule has 33 heavy (non-hydrogen) atoms. The van der Waals surface area contributed by atoms with Gasteiger partial charge in [0.15, 0.2) is 5.82 Å². The van der Waals surface area contributed by atoms with Crippen LogP contribution in [0.25, 0.3) is 22.3 Å². The van der Waals surface area contributed by atoms with Gasteiger partial charge >= 0.3 is 0 Å². The minimum Gasteiger partial charge on any atom is -0.494 e. The fourth-order valence-corrected chi connectivity index (χ4v) is 3.73. The number of methoxy groups -OCH3 is 1. The fraction of sp³-hybridized carbons (Fsp3) is 0.217. The third-order valence-corrected chi connectivity index (χ3v) is 5.36. The average Bonchev–Trinajstić information content (AvgIpc) is 2.88. The molecular formula is C23H21N9O. The molecular weight excluding hydrogens is 418 g/mol. The molecule has 0 bridgehead atoms. The minimum atomic E-state index is 0.497. The van der Waals surface area contributed by atoms with Crippen LogP contribution in [0.5, 0.6) is 5.75 Å². The van der Waals surface area contributed by atoms with Crippen molar-refractivity contribution in [1.29, 1.82) is 5.26 Å². The molecule has 0 unspecified atom stereocenters. The standard InChI is InChI=1S/C23H21N9O/c1-33-18-14-26-13-17-21(18)23(32-8-6-25-7-9-32)31-22(29-17)16-4-5-27-20(10-16)30-19-3-2-15(11-24)12-28-19/h2-5,10,12-14,25H,6-9H2,1H3,(H,27,28,30). The topological polar surface area (TPSA) is 125 Å². The largest absolute Gasteiger partial charge is 0.494 e. The monoisotopic (exact) mass is 439 g/mol. The molecule has 2 N–H and O–H groups in total. The van der Waals surface area contributed by atoms with Gasteiger partial charge < -0.3 is 20.3 Å². The number of ether oxygens (including phenoxy) is 1. The first kappa shape index (κ1) is 20.5. The summed E-state index contributed by atoms with van der Waals surface area (Å²) in [7, 11) is 1.63. The molecule has 0 amide bonds. The molecule has 10 heteroatoms. The van der Waals surface area contributed by atoms with Gasteiger partial charge in [0.25, 0.3) is 0 Å². The average molecular weight is 439 g/mol. The van der Waals surface area contributed by atoms with Crippen LogP contribution in [0.2, 0.25) is 0 Å². The molecule has 0 aliphatic carbocycles. The van der Waals surface area contributed by atoms with Crippen LogP contribution < -0.4 is 20.3 Å². The Hall–Kier alpha value is -4.36. The maximum Gasteiger partial charge on any atom is 0.162 e. The van der Waals surface area contributed by atoms with Gasteiger partial charge in [-0.15, -0.1) is 0 Å². The van der Waals surface area contributed by atoms with Gasteiger partial charge in [0, 0.05) is 44.1 Å². The number of nitriles is 1. The molecule has 0 radical (unpaired) electrons. The Morgan fingerprint density at radius 1 is 1.06 bits per heavy atom. The first-order valence-corrected chi connectivity index (χ1v) is 10.5. The molecule has 0 spiro atoms. The Balaban J connectivity index is 1.55. The van der Waals surface area contributed by atoms with Crippen LogP contribution in [0.3, 0.4) is 0 Å². The lowest BCUT2D eigenvalue weighted by atomic mass is 10.2. The van der Waals surface area contributed by atoms with E-state index in [2.05, 4.69) is 36.6 Å². The summed E-state index contributed by atoms with van der Waals surface area (Å²) in [6.45, 7) is 3.44. The van der Waals surface area contributed by atoms with Crippen LogP contribution in [0.4, 0.5) is 17.5 Å². The number of nitrogens with zero attached hydrogens (tertiary/aromatic N) is 7. The van der Waals surface area contributed by atoms with Crippen LogP contribution in [0, 0.1) is 11.3 Å². The number of rotatable bonds is 5. The van der Waals surface area contributed by atoms with E-state index in [1.165, 1.54) is 6.20 Å². The Labute approximate surface area is 190 Å². The van der Waals surface area contributed by atoms with E-state index in [0.717, 1.165) is 42.9 Å². The predicted molar refractivity (Wildman–Crippen MR) is 124 cm³/mol. The van der Waals surface area contributed by atoms with Gasteiger partial charge in [-0.05, 0) is 24.3 Å². The third-order valence-electron chi connectivity index (χ3n) is 5.36. The summed E-state index contributed by atoms with van der Waals surface area (Å²) in [6.07, 6.45) is 6.63. The van der Waals surface area contributed by atoms with Crippen LogP contribution >= 0.6 is 0 Å². The molecule has 5 rings (SSSR count). The molecule has 0 atom stereocenters. The van der Waals surface area contributed by atoms with E-state index in [1.807, 2.05) is 12.1 Å². The van der Waals surface area contributed by atoms with Gasteiger partial charge in [0.05, 0.1) is 36.0 Å². The number of nitrogens with one attached hydrogen (secondary N) is 2. The van der Waals surface area contributed by atoms with E-state index in [-0.39, 0.29) is 0 Å². The van der Waals surface area contributed by atoms with Gasteiger partial charge in [0.2, 0.25) is 0 Å². The molecule has 4 aromatic rings. The van der Waals surface area contributed by atoms with Crippen molar-refractivity contribution in [3.05, 3.63) is 54.6 Å². The molecule has 164 valence electrons. The number of hydrogen-bond donors (Lipinski definition) is 2. The van der Waals surface area contributed by atoms with Crippen LogP contribution in [0.1, 0.15) is 5.56 Å². The molecule has 10 nitrogen and oxygen atoms in total. The molecule has 1 fully saturated rings. The second-order valence-corrected chi connectivity index (χ2v) is 7.44. The van der Waals surface area contributed by atoms with E-state index >= 15 is 0 Å². The first-order valence-electron chi connectivity index (χ1n) is 10.5. The number of piperazine rings is 1. The zero-order valence-corrected chi connectivity index (χ0v) is 18.0. The maximum absolute atomic E-state index is 8.95. The first-order chi connectivity index (χ1) is 16.2. The van der Waals surface area contributed by atoms with E-state index in [0.29, 0.717) is 34.3 Å². The lowest BCUT2D eigenvalue weighted by molar-refractivity contribution is 0.418. The van der Waals surface area contributed by atoms with Gasteiger partial charge in [-0.25, -0.2) is 19.9 Å². The van der Waals surface area contributed by atoms with Crippen molar-refractivity contribution in [1.82, 2.24) is 30.2 Å². The summed E-state index contributed by atoms with van der Waals surface area (Å²) < 4.78 is 5.57. The summed E-state index contributed by atoms with van der Waals surface area (Å²) >= 11 is 0. The van der Waals surface area contributed by atoms with Crippen molar-refractivity contribution >= 4 is 28.4 Å². The molecule has 1 saturated heterocycles. The van der Waals surface area contributed by atoms with Crippen molar-refractivity contribution in [2.45, 2.75) is 0 Å². The second-order valence-electron chi connectivity index (χ2n) is 7.44. The summed E-state index contributed by atoms with van der Waals surface area (Å²) in [4.78, 5) is 24.9. The Bertz CT molecular complexity index is 1330.